The van der Waals surface area contributed by atoms with Crippen molar-refractivity contribution < 1.29 is 4.79 Å². The molecular formula is C17H24N6OS. The number of amides is 1. The van der Waals surface area contributed by atoms with Gasteiger partial charge >= 0.3 is 0 Å². The summed E-state index contributed by atoms with van der Waals surface area (Å²) < 4.78 is 0. The molecule has 1 atom stereocenters. The zero-order chi connectivity index (χ0) is 18.0. The van der Waals surface area contributed by atoms with Crippen LogP contribution < -0.4 is 5.32 Å². The van der Waals surface area contributed by atoms with Crippen LogP contribution in [0.4, 0.5) is 10.9 Å². The normalized spacial score (nSPS) is 17.3. The average molecular weight is 360 g/mol. The number of aryl methyl sites for hydroxylation is 2. The lowest BCUT2D eigenvalue weighted by molar-refractivity contribution is -0.132. The standard InChI is InChI=1S/C17H24N6OS/c1-11-9-18-17(25-11)21-15-8-13(19-12(2)20-15)14-6-5-7-23(14)16(24)10-22(3)4/h8-9,14H,5-7,10H2,1-4H3,(H,18,19,20,21)/t14-/m1/s1. The van der Waals surface area contributed by atoms with E-state index < -0.39 is 0 Å². The number of likely N-dealkylation sites (N-methyl/N-ethyl adjacent to an activating group) is 1. The largest absolute Gasteiger partial charge is 0.333 e. The van der Waals surface area contributed by atoms with Crippen LogP contribution in [0.5, 0.6) is 0 Å². The third kappa shape index (κ3) is 4.32. The summed E-state index contributed by atoms with van der Waals surface area (Å²) in [5, 5.41) is 4.06. The van der Waals surface area contributed by atoms with Crippen molar-refractivity contribution in [2.45, 2.75) is 32.7 Å². The SMILES string of the molecule is Cc1nc(Nc2ncc(C)s2)cc([C@H]2CCCN2C(=O)CN(C)C)n1. The molecule has 2 aromatic rings. The summed E-state index contributed by atoms with van der Waals surface area (Å²) in [5.74, 6) is 1.57. The van der Waals surface area contributed by atoms with Crippen LogP contribution >= 0.6 is 11.3 Å². The highest BCUT2D eigenvalue weighted by Gasteiger charge is 2.31. The summed E-state index contributed by atoms with van der Waals surface area (Å²) in [6.45, 7) is 5.11. The third-order valence-corrected chi connectivity index (χ3v) is 4.91. The Morgan fingerprint density at radius 1 is 1.40 bits per heavy atom. The second kappa shape index (κ2) is 7.45. The van der Waals surface area contributed by atoms with Crippen molar-refractivity contribution >= 4 is 28.2 Å². The van der Waals surface area contributed by atoms with E-state index in [1.807, 2.05) is 50.0 Å². The lowest BCUT2D eigenvalue weighted by atomic mass is 10.1. The molecule has 0 saturated carbocycles. The Labute approximate surface area is 152 Å². The molecule has 25 heavy (non-hydrogen) atoms. The lowest BCUT2D eigenvalue weighted by Gasteiger charge is -2.26. The molecule has 1 aliphatic heterocycles. The first-order valence-corrected chi connectivity index (χ1v) is 9.23. The maximum atomic E-state index is 12.5. The molecule has 8 heteroatoms. The molecule has 3 heterocycles. The molecule has 0 bridgehead atoms. The van der Waals surface area contributed by atoms with Crippen LogP contribution in [-0.4, -0.2) is 57.8 Å². The maximum Gasteiger partial charge on any atom is 0.237 e. The van der Waals surface area contributed by atoms with Gasteiger partial charge < -0.3 is 15.1 Å². The predicted octanol–water partition coefficient (Wildman–Crippen LogP) is 2.52. The lowest BCUT2D eigenvalue weighted by Crippen LogP contribution is -2.37. The Balaban J connectivity index is 1.82. The second-order valence-corrected chi connectivity index (χ2v) is 7.84. The summed E-state index contributed by atoms with van der Waals surface area (Å²) >= 11 is 1.59. The molecule has 0 aliphatic carbocycles. The molecule has 1 aliphatic rings. The molecular weight excluding hydrogens is 336 g/mol. The molecule has 134 valence electrons. The molecule has 0 aromatic carbocycles. The maximum absolute atomic E-state index is 12.5. The fourth-order valence-corrected chi connectivity index (χ4v) is 3.75. The van der Waals surface area contributed by atoms with Crippen molar-refractivity contribution in [3.05, 3.63) is 28.7 Å². The third-order valence-electron chi connectivity index (χ3n) is 4.08. The first-order valence-electron chi connectivity index (χ1n) is 8.41. The average Bonchev–Trinajstić information content (AvgIpc) is 3.15. The van der Waals surface area contributed by atoms with Crippen LogP contribution in [0.3, 0.4) is 0 Å². The topological polar surface area (TPSA) is 74.2 Å². The van der Waals surface area contributed by atoms with Gasteiger partial charge in [-0.15, -0.1) is 11.3 Å². The highest BCUT2D eigenvalue weighted by Crippen LogP contribution is 2.32. The van der Waals surface area contributed by atoms with Gasteiger partial charge in [0.25, 0.3) is 0 Å². The summed E-state index contributed by atoms with van der Waals surface area (Å²) in [7, 11) is 3.83. The van der Waals surface area contributed by atoms with Gasteiger partial charge in [-0.1, -0.05) is 0 Å². The van der Waals surface area contributed by atoms with Gasteiger partial charge in [-0.05, 0) is 40.8 Å². The van der Waals surface area contributed by atoms with Crippen molar-refractivity contribution in [3.8, 4) is 0 Å². The Hall–Kier alpha value is -2.06. The van der Waals surface area contributed by atoms with Gasteiger partial charge in [0.2, 0.25) is 5.91 Å². The van der Waals surface area contributed by atoms with Crippen LogP contribution in [0.2, 0.25) is 0 Å². The molecule has 0 radical (unpaired) electrons. The van der Waals surface area contributed by atoms with E-state index in [2.05, 4.69) is 20.3 Å². The van der Waals surface area contributed by atoms with Gasteiger partial charge in [-0.3, -0.25) is 4.79 Å². The van der Waals surface area contributed by atoms with Gasteiger partial charge in [0.15, 0.2) is 5.13 Å². The molecule has 1 N–H and O–H groups in total. The van der Waals surface area contributed by atoms with E-state index in [0.29, 0.717) is 12.4 Å². The number of carbonyl (C=O) groups excluding carboxylic acids is 1. The number of aromatic nitrogens is 3. The Bertz CT molecular complexity index is 759. The van der Waals surface area contributed by atoms with E-state index in [1.54, 1.807) is 11.3 Å². The number of thiazole rings is 1. The minimum absolute atomic E-state index is 0.0210. The minimum atomic E-state index is 0.0210. The van der Waals surface area contributed by atoms with E-state index in [0.717, 1.165) is 40.9 Å². The fourth-order valence-electron chi connectivity index (χ4n) is 3.08. The molecule has 7 nitrogen and oxygen atoms in total. The molecule has 1 saturated heterocycles. The highest BCUT2D eigenvalue weighted by molar-refractivity contribution is 7.15. The van der Waals surface area contributed by atoms with E-state index in [4.69, 9.17) is 0 Å². The molecule has 1 fully saturated rings. The van der Waals surface area contributed by atoms with Crippen molar-refractivity contribution in [2.75, 3.05) is 32.5 Å². The number of nitrogens with one attached hydrogen (secondary N) is 1. The number of hydrogen-bond acceptors (Lipinski definition) is 7. The first kappa shape index (κ1) is 17.8. The zero-order valence-electron chi connectivity index (χ0n) is 15.1. The molecule has 1 amide bonds. The first-order chi connectivity index (χ1) is 11.9. The summed E-state index contributed by atoms with van der Waals surface area (Å²) in [5.41, 5.74) is 0.896. The smallest absolute Gasteiger partial charge is 0.237 e. The predicted molar refractivity (Wildman–Crippen MR) is 99.1 cm³/mol. The number of anilines is 2. The van der Waals surface area contributed by atoms with E-state index >= 15 is 0 Å². The summed E-state index contributed by atoms with van der Waals surface area (Å²) in [6.07, 6.45) is 3.77. The van der Waals surface area contributed by atoms with Crippen LogP contribution in [0, 0.1) is 13.8 Å². The van der Waals surface area contributed by atoms with Gasteiger partial charge in [-0.2, -0.15) is 0 Å². The second-order valence-electron chi connectivity index (χ2n) is 6.61. The van der Waals surface area contributed by atoms with Crippen LogP contribution in [0.25, 0.3) is 0 Å². The van der Waals surface area contributed by atoms with Crippen LogP contribution in [0.1, 0.15) is 35.3 Å². The summed E-state index contributed by atoms with van der Waals surface area (Å²) in [6, 6.07) is 1.96. The fraction of sp³-hybridized carbons (Fsp3) is 0.529. The van der Waals surface area contributed by atoms with Crippen molar-refractivity contribution in [1.82, 2.24) is 24.8 Å². The van der Waals surface area contributed by atoms with Crippen molar-refractivity contribution in [3.63, 3.8) is 0 Å². The minimum Gasteiger partial charge on any atom is -0.333 e. The van der Waals surface area contributed by atoms with Gasteiger partial charge in [0.1, 0.15) is 11.6 Å². The number of likely N-dealkylation sites (tertiary alicyclic amines) is 1. The quantitative estimate of drug-likeness (QED) is 0.883. The number of hydrogen-bond donors (Lipinski definition) is 1. The molecule has 0 spiro atoms. The summed E-state index contributed by atoms with van der Waals surface area (Å²) in [4.78, 5) is 30.9. The highest BCUT2D eigenvalue weighted by atomic mass is 32.1. The molecule has 3 rings (SSSR count). The van der Waals surface area contributed by atoms with Gasteiger partial charge in [0, 0.05) is 23.7 Å². The monoisotopic (exact) mass is 360 g/mol. The van der Waals surface area contributed by atoms with Crippen molar-refractivity contribution in [2.24, 2.45) is 0 Å². The van der Waals surface area contributed by atoms with E-state index in [1.165, 1.54) is 0 Å². The van der Waals surface area contributed by atoms with E-state index in [-0.39, 0.29) is 11.9 Å². The van der Waals surface area contributed by atoms with Crippen molar-refractivity contribution in [1.29, 1.82) is 0 Å². The van der Waals surface area contributed by atoms with Crippen LogP contribution in [0.15, 0.2) is 12.3 Å². The van der Waals surface area contributed by atoms with Crippen LogP contribution in [-0.2, 0) is 4.79 Å². The van der Waals surface area contributed by atoms with Gasteiger partial charge in [0.05, 0.1) is 18.3 Å². The number of rotatable bonds is 5. The van der Waals surface area contributed by atoms with Gasteiger partial charge in [-0.25, -0.2) is 15.0 Å². The Morgan fingerprint density at radius 2 is 2.20 bits per heavy atom. The molecule has 0 unspecified atom stereocenters. The number of carbonyl (C=O) groups is 1. The Morgan fingerprint density at radius 3 is 2.88 bits per heavy atom. The zero-order valence-corrected chi connectivity index (χ0v) is 15.9. The Kier molecular flexibility index (Phi) is 5.29. The van der Waals surface area contributed by atoms with E-state index in [9.17, 15) is 4.79 Å². The molecule has 2 aromatic heterocycles. The number of nitrogens with zero attached hydrogens (tertiary/aromatic N) is 5.